The van der Waals surface area contributed by atoms with Crippen molar-refractivity contribution in [1.29, 1.82) is 0 Å². The van der Waals surface area contributed by atoms with Crippen molar-refractivity contribution in [2.45, 2.75) is 83.8 Å². The molecule has 0 saturated heterocycles. The third kappa shape index (κ3) is 5.15. The van der Waals surface area contributed by atoms with Crippen LogP contribution in [0.5, 0.6) is 5.88 Å². The van der Waals surface area contributed by atoms with Crippen molar-refractivity contribution in [3.63, 3.8) is 0 Å². The Balaban J connectivity index is 1.35. The highest BCUT2D eigenvalue weighted by Crippen LogP contribution is 2.57. The van der Waals surface area contributed by atoms with Gasteiger partial charge in [-0.1, -0.05) is 19.9 Å². The topological polar surface area (TPSA) is 147 Å². The van der Waals surface area contributed by atoms with Crippen LogP contribution in [0.2, 0.25) is 0 Å². The summed E-state index contributed by atoms with van der Waals surface area (Å²) in [6.07, 6.45) is 8.88. The lowest BCUT2D eigenvalue weighted by Gasteiger charge is -2.58. The second-order valence-corrected chi connectivity index (χ2v) is 12.2. The summed E-state index contributed by atoms with van der Waals surface area (Å²) < 4.78 is 18.9. The Bertz CT molecular complexity index is 1210. The number of ether oxygens (including phenoxy) is 2. The van der Waals surface area contributed by atoms with Gasteiger partial charge in [0.2, 0.25) is 17.7 Å². The third-order valence-electron chi connectivity index (χ3n) is 8.09. The van der Waals surface area contributed by atoms with Gasteiger partial charge in [-0.2, -0.15) is 5.10 Å². The number of amides is 2. The minimum Gasteiger partial charge on any atom is -0.477 e. The first kappa shape index (κ1) is 26.2. The van der Waals surface area contributed by atoms with Crippen LogP contribution in [0.15, 0.2) is 16.7 Å². The van der Waals surface area contributed by atoms with Crippen LogP contribution in [0, 0.1) is 30.6 Å². The highest BCUT2D eigenvalue weighted by atomic mass is 16.6. The molecule has 0 spiro atoms. The van der Waals surface area contributed by atoms with E-state index in [0.29, 0.717) is 35.7 Å². The largest absolute Gasteiger partial charge is 0.477 e. The van der Waals surface area contributed by atoms with Gasteiger partial charge in [0.15, 0.2) is 0 Å². The van der Waals surface area contributed by atoms with Gasteiger partial charge >= 0.3 is 6.09 Å². The van der Waals surface area contributed by atoms with E-state index in [0.717, 1.165) is 32.1 Å². The van der Waals surface area contributed by atoms with E-state index in [-0.39, 0.29) is 29.7 Å². The Hall–Kier alpha value is -3.37. The molecule has 11 nitrogen and oxygen atoms in total. The fourth-order valence-electron chi connectivity index (χ4n) is 6.64. The van der Waals surface area contributed by atoms with Crippen molar-refractivity contribution in [2.75, 3.05) is 6.61 Å². The normalized spacial score (nSPS) is 28.3. The SMILES string of the molecule is Cc1nnc(C(C)(C)C=Cn2ncc(C(=O)NC3C4CC5CC3CC(OC(N)=O)(C5)C4)c2OCC(C)C)o1. The van der Waals surface area contributed by atoms with Crippen LogP contribution in [0.1, 0.15) is 81.9 Å². The molecule has 3 N–H and O–H groups in total. The fourth-order valence-corrected chi connectivity index (χ4v) is 6.64. The number of nitrogens with two attached hydrogens (primary N) is 1. The number of aromatic nitrogens is 4. The van der Waals surface area contributed by atoms with Crippen LogP contribution in [0.25, 0.3) is 6.20 Å². The molecule has 11 heteroatoms. The van der Waals surface area contributed by atoms with Gasteiger partial charge in [0, 0.05) is 19.2 Å². The molecule has 206 valence electrons. The number of hydrogen-bond donors (Lipinski definition) is 2. The molecule has 0 radical (unpaired) electrons. The number of aryl methyl sites for hydroxylation is 1. The molecule has 4 fully saturated rings. The quantitative estimate of drug-likeness (QED) is 0.501. The average molecular weight is 527 g/mol. The van der Waals surface area contributed by atoms with Crippen LogP contribution >= 0.6 is 0 Å². The van der Waals surface area contributed by atoms with E-state index in [1.165, 1.54) is 0 Å². The van der Waals surface area contributed by atoms with Gasteiger partial charge in [-0.25, -0.2) is 9.48 Å². The van der Waals surface area contributed by atoms with Crippen LogP contribution in [0.3, 0.4) is 0 Å². The van der Waals surface area contributed by atoms with E-state index < -0.39 is 17.1 Å². The standard InChI is InChI=1S/C27H38N6O5/c1-15(2)14-36-23-20(13-29-33(23)7-6-26(4,5)24-32-31-16(3)37-24)22(34)30-21-18-8-17-9-19(21)12-27(10-17,11-18)38-25(28)35/h6-7,13,15,17-19,21H,8-12,14H2,1-5H3,(H2,28,35)(H,30,34). The van der Waals surface area contributed by atoms with E-state index in [9.17, 15) is 9.59 Å². The fraction of sp³-hybridized carbons (Fsp3) is 0.667. The smallest absolute Gasteiger partial charge is 0.405 e. The van der Waals surface area contributed by atoms with Crippen molar-refractivity contribution in [2.24, 2.45) is 29.4 Å². The third-order valence-corrected chi connectivity index (χ3v) is 8.09. The predicted molar refractivity (Wildman–Crippen MR) is 138 cm³/mol. The number of nitrogens with one attached hydrogen (secondary N) is 1. The Kier molecular flexibility index (Phi) is 6.73. The van der Waals surface area contributed by atoms with Crippen molar-refractivity contribution < 1.29 is 23.5 Å². The zero-order valence-electron chi connectivity index (χ0n) is 22.8. The lowest BCUT2D eigenvalue weighted by Crippen LogP contribution is -2.63. The Labute approximate surface area is 222 Å². The van der Waals surface area contributed by atoms with Crippen molar-refractivity contribution in [3.05, 3.63) is 29.6 Å². The number of allylic oxidation sites excluding steroid dienone is 1. The molecule has 2 aromatic heterocycles. The number of rotatable bonds is 9. The average Bonchev–Trinajstić information content (AvgIpc) is 3.44. The summed E-state index contributed by atoms with van der Waals surface area (Å²) in [6.45, 7) is 10.2. The number of carbonyl (C=O) groups is 2. The van der Waals surface area contributed by atoms with E-state index in [1.54, 1.807) is 24.0 Å². The molecular formula is C27H38N6O5. The van der Waals surface area contributed by atoms with E-state index >= 15 is 0 Å². The molecule has 0 aromatic carbocycles. The first-order valence-electron chi connectivity index (χ1n) is 13.4. The summed E-state index contributed by atoms with van der Waals surface area (Å²) in [5.41, 5.74) is 4.75. The van der Waals surface area contributed by atoms with E-state index in [1.807, 2.05) is 19.9 Å². The van der Waals surface area contributed by atoms with E-state index in [4.69, 9.17) is 19.6 Å². The monoisotopic (exact) mass is 526 g/mol. The lowest BCUT2D eigenvalue weighted by molar-refractivity contribution is -0.137. The van der Waals surface area contributed by atoms with Gasteiger partial charge in [0.05, 0.1) is 18.2 Å². The highest BCUT2D eigenvalue weighted by molar-refractivity contribution is 5.96. The second kappa shape index (κ2) is 9.74. The minimum atomic E-state index is -0.711. The molecule has 4 saturated carbocycles. The maximum atomic E-state index is 13.6. The van der Waals surface area contributed by atoms with Gasteiger partial charge in [0.25, 0.3) is 5.91 Å². The maximum Gasteiger partial charge on any atom is 0.405 e. The van der Waals surface area contributed by atoms with Crippen LogP contribution < -0.4 is 15.8 Å². The van der Waals surface area contributed by atoms with Gasteiger partial charge in [-0.05, 0) is 69.6 Å². The predicted octanol–water partition coefficient (Wildman–Crippen LogP) is 3.83. The zero-order valence-corrected chi connectivity index (χ0v) is 22.8. The molecule has 2 unspecified atom stereocenters. The minimum absolute atomic E-state index is 0.0141. The van der Waals surface area contributed by atoms with Crippen molar-refractivity contribution in [3.8, 4) is 5.88 Å². The van der Waals surface area contributed by atoms with Crippen molar-refractivity contribution >= 4 is 18.2 Å². The summed E-state index contributed by atoms with van der Waals surface area (Å²) in [6, 6.07) is 0.0141. The van der Waals surface area contributed by atoms with Crippen LogP contribution in [0.4, 0.5) is 4.79 Å². The molecule has 2 aromatic rings. The molecule has 0 aliphatic heterocycles. The molecule has 2 atom stereocenters. The second-order valence-electron chi connectivity index (χ2n) is 12.2. The van der Waals surface area contributed by atoms with Crippen molar-refractivity contribution in [1.82, 2.24) is 25.3 Å². The zero-order chi connectivity index (χ0) is 27.2. The molecule has 2 amide bonds. The van der Waals surface area contributed by atoms with Gasteiger partial charge in [-0.15, -0.1) is 10.2 Å². The first-order chi connectivity index (χ1) is 17.9. The van der Waals surface area contributed by atoms with Gasteiger partial charge in [0.1, 0.15) is 11.2 Å². The lowest BCUT2D eigenvalue weighted by atomic mass is 9.52. The van der Waals surface area contributed by atoms with Gasteiger partial charge < -0.3 is 24.9 Å². The number of hydrogen-bond acceptors (Lipinski definition) is 8. The summed E-state index contributed by atoms with van der Waals surface area (Å²) in [5, 5.41) is 15.8. The molecular weight excluding hydrogens is 488 g/mol. The first-order valence-corrected chi connectivity index (χ1v) is 13.4. The molecule has 2 heterocycles. The number of carbonyl (C=O) groups excluding carboxylic acids is 2. The number of primary amides is 1. The number of nitrogens with zero attached hydrogens (tertiary/aromatic N) is 4. The van der Waals surface area contributed by atoms with Gasteiger partial charge in [-0.3, -0.25) is 4.79 Å². The molecule has 4 bridgehead atoms. The summed E-state index contributed by atoms with van der Waals surface area (Å²) >= 11 is 0. The summed E-state index contributed by atoms with van der Waals surface area (Å²) in [5.74, 6) is 2.43. The highest BCUT2D eigenvalue weighted by Gasteiger charge is 2.57. The Morgan fingerprint density at radius 3 is 2.58 bits per heavy atom. The van der Waals surface area contributed by atoms with E-state index in [2.05, 4.69) is 34.5 Å². The Morgan fingerprint density at radius 2 is 1.97 bits per heavy atom. The van der Waals surface area contributed by atoms with Crippen LogP contribution in [-0.2, 0) is 10.2 Å². The van der Waals surface area contributed by atoms with Crippen LogP contribution in [-0.4, -0.2) is 50.2 Å². The molecule has 4 aliphatic rings. The molecule has 6 rings (SSSR count). The Morgan fingerprint density at radius 1 is 1.26 bits per heavy atom. The molecule has 4 aliphatic carbocycles. The summed E-state index contributed by atoms with van der Waals surface area (Å²) in [4.78, 5) is 25.2. The summed E-state index contributed by atoms with van der Waals surface area (Å²) in [7, 11) is 0. The molecule has 38 heavy (non-hydrogen) atoms. The maximum absolute atomic E-state index is 13.6.